The van der Waals surface area contributed by atoms with Gasteiger partial charge in [0.05, 0.1) is 18.8 Å². The first kappa shape index (κ1) is 37.1. The highest BCUT2D eigenvalue weighted by Gasteiger charge is 2.36. The number of carbonyl (C=O) groups is 1. The molecule has 7 rings (SSSR count). The topological polar surface area (TPSA) is 74.3 Å². The van der Waals surface area contributed by atoms with Gasteiger partial charge in [-0.25, -0.2) is 22.0 Å². The maximum absolute atomic E-state index is 14.2. The van der Waals surface area contributed by atoms with Crippen LogP contribution in [0.2, 0.25) is 0 Å². The minimum Gasteiger partial charge on any atom is -0.392 e. The molecule has 0 aliphatic carbocycles. The van der Waals surface area contributed by atoms with Crippen molar-refractivity contribution in [2.24, 2.45) is 0 Å². The third-order valence-corrected chi connectivity index (χ3v) is 10.6. The van der Waals surface area contributed by atoms with Crippen LogP contribution in [0.3, 0.4) is 0 Å². The first-order valence-corrected chi connectivity index (χ1v) is 18.1. The third-order valence-electron chi connectivity index (χ3n) is 10.6. The van der Waals surface area contributed by atoms with Gasteiger partial charge in [-0.15, -0.1) is 0 Å². The number of hydrogen-bond acceptors (Lipinski definition) is 6. The lowest BCUT2D eigenvalue weighted by Crippen LogP contribution is -2.45. The molecular formula is C41H42F5N3O4. The summed E-state index contributed by atoms with van der Waals surface area (Å²) in [7, 11) is 0. The number of halogens is 5. The van der Waals surface area contributed by atoms with Gasteiger partial charge in [0.2, 0.25) is 5.82 Å². The standard InChI is InChI=1S/C41H42F5N3O4/c42-35-34(36(43)38(45)39(46)37(35)44)40(51)47-21-26-5-3-6-30(19-26)27-12-14-29(15-13-27)41-52-32(20-33(53-41)28-10-8-25(24-50)9-11-28)23-49-18-4-7-31(49)22-48-16-1-2-17-48/h3,5-6,8-15,19,31-33,41,50H,1-2,4,7,16-18,20-24H2,(H,47,51)/t31-,32-,33+,41+/m0/s1. The number of likely N-dealkylation sites (tertiary alicyclic amines) is 2. The maximum atomic E-state index is 14.2. The van der Waals surface area contributed by atoms with Crippen molar-refractivity contribution in [1.29, 1.82) is 0 Å². The first-order valence-electron chi connectivity index (χ1n) is 18.1. The molecule has 4 aromatic rings. The lowest BCUT2D eigenvalue weighted by atomic mass is 9.98. The van der Waals surface area contributed by atoms with Crippen molar-refractivity contribution >= 4 is 5.91 Å². The van der Waals surface area contributed by atoms with Crippen LogP contribution in [0.1, 0.15) is 77.1 Å². The van der Waals surface area contributed by atoms with E-state index in [9.17, 15) is 31.9 Å². The summed E-state index contributed by atoms with van der Waals surface area (Å²) in [5.74, 6) is -12.5. The number of carbonyl (C=O) groups excluding carboxylic acids is 1. The monoisotopic (exact) mass is 735 g/mol. The van der Waals surface area contributed by atoms with Gasteiger partial charge < -0.3 is 24.8 Å². The van der Waals surface area contributed by atoms with Gasteiger partial charge in [-0.3, -0.25) is 9.69 Å². The minimum absolute atomic E-state index is 0.0319. The van der Waals surface area contributed by atoms with E-state index in [0.717, 1.165) is 47.5 Å². The van der Waals surface area contributed by atoms with Crippen molar-refractivity contribution < 1.29 is 41.3 Å². The summed E-state index contributed by atoms with van der Waals surface area (Å²) in [5, 5.41) is 11.8. The number of nitrogens with zero attached hydrogens (tertiary/aromatic N) is 2. The molecule has 0 unspecified atom stereocenters. The predicted molar refractivity (Wildman–Crippen MR) is 188 cm³/mol. The molecule has 7 nitrogen and oxygen atoms in total. The van der Waals surface area contributed by atoms with E-state index < -0.39 is 46.8 Å². The average molecular weight is 736 g/mol. The Morgan fingerprint density at radius 2 is 1.42 bits per heavy atom. The van der Waals surface area contributed by atoms with Crippen LogP contribution < -0.4 is 5.32 Å². The second-order valence-corrected chi connectivity index (χ2v) is 14.1. The Bertz CT molecular complexity index is 1880. The Morgan fingerprint density at radius 1 is 0.736 bits per heavy atom. The number of aliphatic hydroxyl groups is 1. The largest absolute Gasteiger partial charge is 0.392 e. The molecular weight excluding hydrogens is 693 g/mol. The van der Waals surface area contributed by atoms with E-state index in [2.05, 4.69) is 15.1 Å². The minimum atomic E-state index is -2.33. The van der Waals surface area contributed by atoms with E-state index in [1.54, 1.807) is 18.2 Å². The summed E-state index contributed by atoms with van der Waals surface area (Å²) < 4.78 is 82.3. The predicted octanol–water partition coefficient (Wildman–Crippen LogP) is 7.58. The number of hydrogen-bond donors (Lipinski definition) is 2. The van der Waals surface area contributed by atoms with Crippen LogP contribution in [-0.4, -0.2) is 65.7 Å². The van der Waals surface area contributed by atoms with Crippen molar-refractivity contribution in [2.75, 3.05) is 32.7 Å². The molecule has 0 bridgehead atoms. The van der Waals surface area contributed by atoms with E-state index in [1.807, 2.05) is 54.6 Å². The zero-order chi connectivity index (χ0) is 37.1. The van der Waals surface area contributed by atoms with Crippen LogP contribution >= 0.6 is 0 Å². The molecule has 0 spiro atoms. The Morgan fingerprint density at radius 3 is 2.11 bits per heavy atom. The highest BCUT2D eigenvalue weighted by Crippen LogP contribution is 2.39. The SMILES string of the molecule is O=C(NCc1cccc(-c2ccc([C@@H]3O[C@H](CN4CCC[C@H]4CN4CCCC4)C[C@H](c4ccc(CO)cc4)O3)cc2)c1)c1c(F)c(F)c(F)c(F)c1F. The normalized spacial score (nSPS) is 22.4. The molecule has 280 valence electrons. The fourth-order valence-corrected chi connectivity index (χ4v) is 7.67. The molecule has 3 saturated heterocycles. The molecule has 3 aliphatic heterocycles. The third kappa shape index (κ3) is 8.32. The summed E-state index contributed by atoms with van der Waals surface area (Å²) in [4.78, 5) is 17.6. The number of ether oxygens (including phenoxy) is 2. The lowest BCUT2D eigenvalue weighted by Gasteiger charge is -2.39. The number of nitrogens with one attached hydrogen (secondary N) is 1. The molecule has 53 heavy (non-hydrogen) atoms. The van der Waals surface area contributed by atoms with Crippen molar-refractivity contribution in [1.82, 2.24) is 15.1 Å². The molecule has 12 heteroatoms. The Balaban J connectivity index is 1.05. The maximum Gasteiger partial charge on any atom is 0.257 e. The van der Waals surface area contributed by atoms with E-state index in [1.165, 1.54) is 38.8 Å². The zero-order valence-corrected chi connectivity index (χ0v) is 29.2. The molecule has 2 N–H and O–H groups in total. The molecule has 3 aliphatic rings. The fourth-order valence-electron chi connectivity index (χ4n) is 7.67. The van der Waals surface area contributed by atoms with E-state index in [4.69, 9.17) is 9.47 Å². The van der Waals surface area contributed by atoms with Gasteiger partial charge >= 0.3 is 0 Å². The van der Waals surface area contributed by atoms with E-state index in [0.29, 0.717) is 18.0 Å². The zero-order valence-electron chi connectivity index (χ0n) is 29.2. The summed E-state index contributed by atoms with van der Waals surface area (Å²) in [5.41, 5.74) is 3.34. The van der Waals surface area contributed by atoms with Gasteiger partial charge in [0.1, 0.15) is 5.56 Å². The summed E-state index contributed by atoms with van der Waals surface area (Å²) in [6.07, 6.45) is 4.72. The van der Waals surface area contributed by atoms with Crippen LogP contribution in [0.5, 0.6) is 0 Å². The molecule has 1 amide bonds. The quantitative estimate of drug-likeness (QED) is 0.0941. The average Bonchev–Trinajstić information content (AvgIpc) is 3.88. The smallest absolute Gasteiger partial charge is 0.257 e. The van der Waals surface area contributed by atoms with Gasteiger partial charge in [-0.2, -0.15) is 0 Å². The molecule has 4 atom stereocenters. The van der Waals surface area contributed by atoms with Crippen molar-refractivity contribution in [3.63, 3.8) is 0 Å². The Kier molecular flexibility index (Phi) is 11.5. The molecule has 0 radical (unpaired) electrons. The fraction of sp³-hybridized carbons (Fsp3) is 0.390. The summed E-state index contributed by atoms with van der Waals surface area (Å²) >= 11 is 0. The van der Waals surface area contributed by atoms with Gasteiger partial charge in [-0.05, 0) is 79.2 Å². The van der Waals surface area contributed by atoms with E-state index in [-0.39, 0.29) is 25.4 Å². The van der Waals surface area contributed by atoms with Crippen LogP contribution in [0, 0.1) is 29.1 Å². The number of amides is 1. The Labute approximate surface area is 305 Å². The second kappa shape index (κ2) is 16.4. The number of aliphatic hydroxyl groups excluding tert-OH is 1. The van der Waals surface area contributed by atoms with Crippen molar-refractivity contribution in [3.05, 3.63) is 130 Å². The van der Waals surface area contributed by atoms with Crippen LogP contribution in [0.4, 0.5) is 22.0 Å². The number of benzene rings is 4. The summed E-state index contributed by atoms with van der Waals surface area (Å²) in [6.45, 7) is 5.06. The van der Waals surface area contributed by atoms with Crippen LogP contribution in [0.25, 0.3) is 11.1 Å². The lowest BCUT2D eigenvalue weighted by molar-refractivity contribution is -0.253. The second-order valence-electron chi connectivity index (χ2n) is 14.1. The summed E-state index contributed by atoms with van der Waals surface area (Å²) in [6, 6.07) is 23.1. The number of rotatable bonds is 11. The first-order chi connectivity index (χ1) is 25.7. The van der Waals surface area contributed by atoms with Gasteiger partial charge in [-0.1, -0.05) is 66.7 Å². The molecule has 3 fully saturated rings. The Hall–Kier alpha value is -4.20. The van der Waals surface area contributed by atoms with Crippen molar-refractivity contribution in [2.45, 2.75) is 69.8 Å². The molecule has 0 aromatic heterocycles. The molecule has 0 saturated carbocycles. The van der Waals surface area contributed by atoms with Crippen molar-refractivity contribution in [3.8, 4) is 11.1 Å². The molecule has 3 heterocycles. The van der Waals surface area contributed by atoms with Crippen LogP contribution in [-0.2, 0) is 22.6 Å². The van der Waals surface area contributed by atoms with Gasteiger partial charge in [0.25, 0.3) is 5.91 Å². The van der Waals surface area contributed by atoms with Gasteiger partial charge in [0.15, 0.2) is 29.6 Å². The highest BCUT2D eigenvalue weighted by atomic mass is 19.2. The van der Waals surface area contributed by atoms with E-state index >= 15 is 0 Å². The van der Waals surface area contributed by atoms with Crippen LogP contribution in [0.15, 0.2) is 72.8 Å². The highest BCUT2D eigenvalue weighted by molar-refractivity contribution is 5.94. The molecule has 4 aromatic carbocycles. The van der Waals surface area contributed by atoms with Gasteiger partial charge in [0, 0.05) is 37.7 Å².